The van der Waals surface area contributed by atoms with Crippen LogP contribution in [0.15, 0.2) is 75.1 Å². The second-order valence-corrected chi connectivity index (χ2v) is 7.60. The number of phenolic OH excluding ortho intramolecular Hbond substituents is 1. The molecule has 0 aliphatic heterocycles. The maximum atomic E-state index is 12.2. The summed E-state index contributed by atoms with van der Waals surface area (Å²) < 4.78 is 25.1. The summed E-state index contributed by atoms with van der Waals surface area (Å²) >= 11 is 3.25. The number of hydrogen-bond acceptors (Lipinski definition) is 4. The fourth-order valence-electron chi connectivity index (χ4n) is 2.25. The highest BCUT2D eigenvalue weighted by Gasteiger charge is 2.12. The van der Waals surface area contributed by atoms with E-state index in [9.17, 15) is 13.5 Å². The summed E-state index contributed by atoms with van der Waals surface area (Å²) in [6, 6.07) is 17.0. The van der Waals surface area contributed by atoms with Gasteiger partial charge in [-0.3, -0.25) is 0 Å². The Bertz CT molecular complexity index is 1020. The van der Waals surface area contributed by atoms with Gasteiger partial charge < -0.3 is 5.11 Å². The lowest BCUT2D eigenvalue weighted by atomic mass is 10.0. The molecule has 0 fully saturated rings. The highest BCUT2D eigenvalue weighted by atomic mass is 79.9. The lowest BCUT2D eigenvalue weighted by molar-refractivity contribution is 0.475. The van der Waals surface area contributed by atoms with E-state index in [0.29, 0.717) is 5.56 Å². The molecule has 0 atom stereocenters. The van der Waals surface area contributed by atoms with Gasteiger partial charge in [-0.05, 0) is 41.1 Å². The Labute approximate surface area is 147 Å². The number of phenols is 1. The molecule has 0 spiro atoms. The maximum absolute atomic E-state index is 12.2. The number of fused-ring (bicyclic) bond motifs is 1. The van der Waals surface area contributed by atoms with Gasteiger partial charge in [-0.15, -0.1) is 0 Å². The van der Waals surface area contributed by atoms with Crippen molar-refractivity contribution in [2.24, 2.45) is 5.10 Å². The molecule has 3 rings (SSSR count). The van der Waals surface area contributed by atoms with Crippen molar-refractivity contribution >= 4 is 42.9 Å². The molecule has 0 radical (unpaired) electrons. The summed E-state index contributed by atoms with van der Waals surface area (Å²) in [6.07, 6.45) is 1.30. The Morgan fingerprint density at radius 1 is 1.00 bits per heavy atom. The van der Waals surface area contributed by atoms with Gasteiger partial charge in [-0.25, -0.2) is 4.83 Å². The van der Waals surface area contributed by atoms with Crippen molar-refractivity contribution in [1.82, 2.24) is 4.83 Å². The topological polar surface area (TPSA) is 78.8 Å². The molecule has 0 amide bonds. The van der Waals surface area contributed by atoms with E-state index < -0.39 is 10.0 Å². The van der Waals surface area contributed by atoms with E-state index in [1.165, 1.54) is 18.3 Å². The van der Waals surface area contributed by atoms with Crippen LogP contribution in [0.2, 0.25) is 0 Å². The number of nitrogens with zero attached hydrogens (tertiary/aromatic N) is 1. The molecular formula is C17H13BrN2O3S. The van der Waals surface area contributed by atoms with Crippen LogP contribution in [0.25, 0.3) is 10.8 Å². The lowest BCUT2D eigenvalue weighted by Gasteiger charge is -2.06. The van der Waals surface area contributed by atoms with Crippen molar-refractivity contribution in [3.05, 3.63) is 70.7 Å². The Balaban J connectivity index is 1.89. The average Bonchev–Trinajstić information content (AvgIpc) is 2.57. The lowest BCUT2D eigenvalue weighted by Crippen LogP contribution is -2.18. The molecule has 0 aliphatic carbocycles. The molecule has 0 saturated heterocycles. The van der Waals surface area contributed by atoms with Crippen LogP contribution in [0.3, 0.4) is 0 Å². The van der Waals surface area contributed by atoms with E-state index in [1.807, 2.05) is 24.3 Å². The van der Waals surface area contributed by atoms with Gasteiger partial charge in [-0.2, -0.15) is 13.5 Å². The fraction of sp³-hybridized carbons (Fsp3) is 0. The Morgan fingerprint density at radius 3 is 2.46 bits per heavy atom. The fourth-order valence-corrected chi connectivity index (χ4v) is 3.30. The van der Waals surface area contributed by atoms with Gasteiger partial charge in [-0.1, -0.05) is 46.3 Å². The van der Waals surface area contributed by atoms with Crippen molar-refractivity contribution < 1.29 is 13.5 Å². The van der Waals surface area contributed by atoms with Crippen molar-refractivity contribution in [3.8, 4) is 5.75 Å². The monoisotopic (exact) mass is 404 g/mol. The Kier molecular flexibility index (Phi) is 4.55. The molecule has 0 saturated carbocycles. The standard InChI is InChI=1S/C17H13BrN2O3S/c18-13-6-8-14(9-7-13)24(22,23)20-19-11-16-15-4-2-1-3-12(15)5-10-17(16)21/h1-11,20-21H/b19-11+. The summed E-state index contributed by atoms with van der Waals surface area (Å²) in [4.78, 5) is 2.25. The highest BCUT2D eigenvalue weighted by molar-refractivity contribution is 9.10. The molecule has 0 unspecified atom stereocenters. The molecule has 3 aromatic rings. The number of sulfonamides is 1. The summed E-state index contributed by atoms with van der Waals surface area (Å²) in [5.74, 6) is 0.0280. The zero-order valence-corrected chi connectivity index (χ0v) is 14.8. The van der Waals surface area contributed by atoms with Crippen LogP contribution in [0, 0.1) is 0 Å². The minimum absolute atomic E-state index is 0.0280. The minimum atomic E-state index is -3.76. The third-order valence-electron chi connectivity index (χ3n) is 3.44. The Morgan fingerprint density at radius 2 is 1.71 bits per heavy atom. The molecule has 0 bridgehead atoms. The van der Waals surface area contributed by atoms with Crippen LogP contribution in [0.1, 0.15) is 5.56 Å². The van der Waals surface area contributed by atoms with Gasteiger partial charge in [0.05, 0.1) is 11.1 Å². The predicted molar refractivity (Wildman–Crippen MR) is 97.7 cm³/mol. The molecule has 7 heteroatoms. The van der Waals surface area contributed by atoms with Crippen LogP contribution in [0.5, 0.6) is 5.75 Å². The first-order chi connectivity index (χ1) is 11.5. The largest absolute Gasteiger partial charge is 0.507 e. The van der Waals surface area contributed by atoms with Gasteiger partial charge in [0, 0.05) is 10.0 Å². The van der Waals surface area contributed by atoms with Gasteiger partial charge in [0.1, 0.15) is 5.75 Å². The maximum Gasteiger partial charge on any atom is 0.276 e. The van der Waals surface area contributed by atoms with E-state index in [-0.39, 0.29) is 10.6 Å². The quantitative estimate of drug-likeness (QED) is 0.514. The van der Waals surface area contributed by atoms with Crippen LogP contribution < -0.4 is 4.83 Å². The SMILES string of the molecule is O=S(=O)(N/N=C/c1c(O)ccc2ccccc12)c1ccc(Br)cc1. The van der Waals surface area contributed by atoms with Crippen LogP contribution in [0.4, 0.5) is 0 Å². The van der Waals surface area contributed by atoms with Crippen molar-refractivity contribution in [3.63, 3.8) is 0 Å². The van der Waals surface area contributed by atoms with E-state index in [0.717, 1.165) is 15.2 Å². The summed E-state index contributed by atoms with van der Waals surface area (Å²) in [5, 5.41) is 15.5. The molecule has 0 aromatic heterocycles. The minimum Gasteiger partial charge on any atom is -0.507 e. The second-order valence-electron chi connectivity index (χ2n) is 5.03. The zero-order valence-electron chi connectivity index (χ0n) is 12.3. The summed E-state index contributed by atoms with van der Waals surface area (Å²) in [7, 11) is -3.76. The number of benzene rings is 3. The normalized spacial score (nSPS) is 11.9. The van der Waals surface area contributed by atoms with Crippen molar-refractivity contribution in [1.29, 1.82) is 0 Å². The number of hydrogen-bond donors (Lipinski definition) is 2. The van der Waals surface area contributed by atoms with Gasteiger partial charge in [0.2, 0.25) is 0 Å². The van der Waals surface area contributed by atoms with E-state index in [1.54, 1.807) is 24.3 Å². The van der Waals surface area contributed by atoms with Crippen LogP contribution in [-0.4, -0.2) is 19.7 Å². The first-order valence-corrected chi connectivity index (χ1v) is 9.26. The number of halogens is 1. The van der Waals surface area contributed by atoms with Crippen LogP contribution >= 0.6 is 15.9 Å². The molecule has 0 heterocycles. The molecule has 0 aliphatic rings. The molecule has 3 aromatic carbocycles. The smallest absolute Gasteiger partial charge is 0.276 e. The first-order valence-electron chi connectivity index (χ1n) is 6.98. The summed E-state index contributed by atoms with van der Waals surface area (Å²) in [5.41, 5.74) is 0.451. The van der Waals surface area contributed by atoms with Crippen molar-refractivity contribution in [2.45, 2.75) is 4.90 Å². The van der Waals surface area contributed by atoms with Crippen molar-refractivity contribution in [2.75, 3.05) is 0 Å². The number of rotatable bonds is 4. The zero-order chi connectivity index (χ0) is 17.2. The van der Waals surface area contributed by atoms with E-state index in [2.05, 4.69) is 25.9 Å². The third kappa shape index (κ3) is 3.42. The van der Waals surface area contributed by atoms with Gasteiger partial charge >= 0.3 is 0 Å². The highest BCUT2D eigenvalue weighted by Crippen LogP contribution is 2.25. The third-order valence-corrected chi connectivity index (χ3v) is 5.21. The van der Waals surface area contributed by atoms with E-state index >= 15 is 0 Å². The molecule has 24 heavy (non-hydrogen) atoms. The second kappa shape index (κ2) is 6.62. The number of aromatic hydroxyl groups is 1. The molecular weight excluding hydrogens is 392 g/mol. The Hall–Kier alpha value is -2.38. The molecule has 122 valence electrons. The summed E-state index contributed by atoms with van der Waals surface area (Å²) in [6.45, 7) is 0. The predicted octanol–water partition coefficient (Wildman–Crippen LogP) is 3.62. The van der Waals surface area contributed by atoms with Crippen LogP contribution in [-0.2, 0) is 10.0 Å². The number of hydrazone groups is 1. The number of nitrogens with one attached hydrogen (secondary N) is 1. The van der Waals surface area contributed by atoms with E-state index in [4.69, 9.17) is 0 Å². The first kappa shape index (κ1) is 16.5. The average molecular weight is 405 g/mol. The van der Waals surface area contributed by atoms with Gasteiger partial charge in [0.25, 0.3) is 10.0 Å². The molecule has 5 nitrogen and oxygen atoms in total. The molecule has 2 N–H and O–H groups in total. The van der Waals surface area contributed by atoms with Gasteiger partial charge in [0.15, 0.2) is 0 Å².